The first-order valence-electron chi connectivity index (χ1n) is 8.42. The summed E-state index contributed by atoms with van der Waals surface area (Å²) in [7, 11) is 0. The summed E-state index contributed by atoms with van der Waals surface area (Å²) in [6.07, 6.45) is 5.26. The minimum absolute atomic E-state index is 0.230. The number of piperidine rings is 1. The van der Waals surface area contributed by atoms with E-state index in [1.54, 1.807) is 18.3 Å². The molecule has 4 nitrogen and oxygen atoms in total. The van der Waals surface area contributed by atoms with Crippen molar-refractivity contribution < 1.29 is 9.18 Å². The number of halogens is 1. The van der Waals surface area contributed by atoms with Gasteiger partial charge >= 0.3 is 0 Å². The van der Waals surface area contributed by atoms with Gasteiger partial charge in [-0.2, -0.15) is 0 Å². The number of pyridine rings is 1. The number of nitrogens with zero attached hydrogens (tertiary/aromatic N) is 2. The maximum absolute atomic E-state index is 13.9. The van der Waals surface area contributed by atoms with Crippen molar-refractivity contribution in [3.8, 4) is 0 Å². The van der Waals surface area contributed by atoms with Gasteiger partial charge in [-0.3, -0.25) is 4.79 Å². The number of carbonyl (C=O) groups excluding carboxylic acids is 1. The molecular weight excluding hydrogens is 337 g/mol. The van der Waals surface area contributed by atoms with Crippen molar-refractivity contribution in [2.75, 3.05) is 23.3 Å². The van der Waals surface area contributed by atoms with E-state index in [0.29, 0.717) is 16.0 Å². The van der Waals surface area contributed by atoms with Crippen molar-refractivity contribution in [3.63, 3.8) is 0 Å². The molecule has 1 saturated heterocycles. The predicted molar refractivity (Wildman–Crippen MR) is 100 cm³/mol. The van der Waals surface area contributed by atoms with Gasteiger partial charge in [-0.1, -0.05) is 6.07 Å². The zero-order valence-corrected chi connectivity index (χ0v) is 14.5. The van der Waals surface area contributed by atoms with Gasteiger partial charge in [0.15, 0.2) is 5.82 Å². The second kappa shape index (κ2) is 6.80. The second-order valence-corrected chi connectivity index (χ2v) is 7.22. The molecule has 1 aliphatic heterocycles. The van der Waals surface area contributed by atoms with Crippen LogP contribution < -0.4 is 10.2 Å². The summed E-state index contributed by atoms with van der Waals surface area (Å²) in [6, 6.07) is 10.2. The maximum Gasteiger partial charge on any atom is 0.265 e. The molecule has 0 saturated carbocycles. The molecule has 0 bridgehead atoms. The molecule has 0 spiro atoms. The summed E-state index contributed by atoms with van der Waals surface area (Å²) < 4.78 is 14.6. The van der Waals surface area contributed by atoms with Gasteiger partial charge in [-0.25, -0.2) is 9.37 Å². The third-order valence-electron chi connectivity index (χ3n) is 4.42. The van der Waals surface area contributed by atoms with Gasteiger partial charge in [0.1, 0.15) is 5.82 Å². The Labute approximate surface area is 149 Å². The zero-order valence-electron chi connectivity index (χ0n) is 13.7. The molecule has 6 heteroatoms. The van der Waals surface area contributed by atoms with E-state index in [2.05, 4.69) is 15.2 Å². The highest BCUT2D eigenvalue weighted by molar-refractivity contribution is 7.20. The van der Waals surface area contributed by atoms with E-state index in [0.717, 1.165) is 36.4 Å². The number of thiophene rings is 1. The van der Waals surface area contributed by atoms with Crippen molar-refractivity contribution in [2.24, 2.45) is 0 Å². The molecule has 0 atom stereocenters. The number of hydrogen-bond donors (Lipinski definition) is 1. The zero-order chi connectivity index (χ0) is 17.2. The largest absolute Gasteiger partial charge is 0.355 e. The van der Waals surface area contributed by atoms with E-state index in [1.807, 2.05) is 18.2 Å². The number of aromatic nitrogens is 1. The van der Waals surface area contributed by atoms with Crippen LogP contribution in [0.5, 0.6) is 0 Å². The van der Waals surface area contributed by atoms with Gasteiger partial charge in [-0.05, 0) is 49.6 Å². The summed E-state index contributed by atoms with van der Waals surface area (Å²) in [4.78, 5) is 19.8. The van der Waals surface area contributed by atoms with Crippen LogP contribution >= 0.6 is 11.3 Å². The third-order valence-corrected chi connectivity index (χ3v) is 5.52. The number of amides is 1. The van der Waals surface area contributed by atoms with E-state index in [4.69, 9.17) is 0 Å². The van der Waals surface area contributed by atoms with Crippen LogP contribution in [0.2, 0.25) is 0 Å². The quantitative estimate of drug-likeness (QED) is 0.742. The molecule has 0 radical (unpaired) electrons. The summed E-state index contributed by atoms with van der Waals surface area (Å²) in [5.74, 6) is 0.276. The molecule has 1 N–H and O–H groups in total. The number of carbonyl (C=O) groups is 1. The number of nitrogens with one attached hydrogen (secondary N) is 1. The van der Waals surface area contributed by atoms with E-state index < -0.39 is 0 Å². The fourth-order valence-electron chi connectivity index (χ4n) is 3.17. The molecule has 2 aromatic heterocycles. The maximum atomic E-state index is 13.9. The lowest BCUT2D eigenvalue weighted by Gasteiger charge is -2.29. The Morgan fingerprint density at radius 2 is 2.00 bits per heavy atom. The second-order valence-electron chi connectivity index (χ2n) is 6.14. The molecule has 3 heterocycles. The van der Waals surface area contributed by atoms with Gasteiger partial charge in [0.25, 0.3) is 5.91 Å². The molecule has 1 amide bonds. The van der Waals surface area contributed by atoms with E-state index >= 15 is 0 Å². The first-order valence-corrected chi connectivity index (χ1v) is 9.23. The topological polar surface area (TPSA) is 45.2 Å². The Kier molecular flexibility index (Phi) is 4.36. The van der Waals surface area contributed by atoms with Crippen molar-refractivity contribution in [2.45, 2.75) is 19.3 Å². The monoisotopic (exact) mass is 355 g/mol. The Balaban J connectivity index is 1.61. The lowest BCUT2D eigenvalue weighted by molar-refractivity contribution is 0.103. The van der Waals surface area contributed by atoms with E-state index in [-0.39, 0.29) is 11.7 Å². The van der Waals surface area contributed by atoms with Crippen LogP contribution in [0.1, 0.15) is 28.9 Å². The molecule has 128 valence electrons. The summed E-state index contributed by atoms with van der Waals surface area (Å²) in [5.41, 5.74) is 0.701. The summed E-state index contributed by atoms with van der Waals surface area (Å²) in [5, 5.41) is 3.44. The highest BCUT2D eigenvalue weighted by Crippen LogP contribution is 2.30. The fourth-order valence-corrected chi connectivity index (χ4v) is 4.14. The standard InChI is InChI=1S/C19H18FN3OS/c20-14-6-4-8-16-13(14)12-17(25-16)19(24)22-15-7-5-9-21-18(15)23-10-2-1-3-11-23/h4-9,12H,1-3,10-11H2,(H,22,24). The number of hydrogen-bond acceptors (Lipinski definition) is 4. The molecule has 1 aromatic carbocycles. The smallest absolute Gasteiger partial charge is 0.265 e. The Morgan fingerprint density at radius 3 is 2.80 bits per heavy atom. The predicted octanol–water partition coefficient (Wildman–Crippen LogP) is 4.68. The lowest BCUT2D eigenvalue weighted by atomic mass is 10.1. The molecule has 0 unspecified atom stereocenters. The Hall–Kier alpha value is -2.47. The summed E-state index contributed by atoms with van der Waals surface area (Å²) in [6.45, 7) is 1.90. The number of fused-ring (bicyclic) bond motifs is 1. The number of benzene rings is 1. The minimum atomic E-state index is -0.303. The average molecular weight is 355 g/mol. The van der Waals surface area contributed by atoms with E-state index in [9.17, 15) is 9.18 Å². The van der Waals surface area contributed by atoms with Crippen molar-refractivity contribution in [1.82, 2.24) is 4.98 Å². The van der Waals surface area contributed by atoms with Crippen molar-refractivity contribution in [1.29, 1.82) is 0 Å². The van der Waals surface area contributed by atoms with Crippen LogP contribution in [0.15, 0.2) is 42.6 Å². The summed E-state index contributed by atoms with van der Waals surface area (Å²) >= 11 is 1.29. The molecule has 3 aromatic rings. The highest BCUT2D eigenvalue weighted by atomic mass is 32.1. The van der Waals surface area contributed by atoms with Gasteiger partial charge < -0.3 is 10.2 Å². The van der Waals surface area contributed by atoms with Crippen molar-refractivity contribution >= 4 is 38.8 Å². The molecule has 25 heavy (non-hydrogen) atoms. The van der Waals surface area contributed by atoms with Crippen LogP contribution in [0, 0.1) is 5.82 Å². The Morgan fingerprint density at radius 1 is 1.16 bits per heavy atom. The Bertz CT molecular complexity index is 918. The fraction of sp³-hybridized carbons (Fsp3) is 0.263. The highest BCUT2D eigenvalue weighted by Gasteiger charge is 2.18. The van der Waals surface area contributed by atoms with Gasteiger partial charge in [0, 0.05) is 29.4 Å². The number of anilines is 2. The van der Waals surface area contributed by atoms with Crippen LogP contribution in [-0.4, -0.2) is 24.0 Å². The molecule has 4 rings (SSSR count). The first-order chi connectivity index (χ1) is 12.2. The van der Waals surface area contributed by atoms with Crippen LogP contribution in [0.4, 0.5) is 15.9 Å². The van der Waals surface area contributed by atoms with E-state index in [1.165, 1.54) is 23.8 Å². The van der Waals surface area contributed by atoms with Gasteiger partial charge in [0.05, 0.1) is 10.6 Å². The van der Waals surface area contributed by atoms with Crippen LogP contribution in [-0.2, 0) is 0 Å². The average Bonchev–Trinajstić information content (AvgIpc) is 3.09. The van der Waals surface area contributed by atoms with Gasteiger partial charge in [-0.15, -0.1) is 11.3 Å². The molecule has 1 fully saturated rings. The SMILES string of the molecule is O=C(Nc1cccnc1N1CCCCC1)c1cc2c(F)cccc2s1. The van der Waals surface area contributed by atoms with Gasteiger partial charge in [0.2, 0.25) is 0 Å². The minimum Gasteiger partial charge on any atom is -0.355 e. The van der Waals surface area contributed by atoms with Crippen LogP contribution in [0.25, 0.3) is 10.1 Å². The normalized spacial score (nSPS) is 14.7. The first kappa shape index (κ1) is 16.0. The van der Waals surface area contributed by atoms with Crippen LogP contribution in [0.3, 0.4) is 0 Å². The van der Waals surface area contributed by atoms with Crippen molar-refractivity contribution in [3.05, 3.63) is 53.3 Å². The lowest BCUT2D eigenvalue weighted by Crippen LogP contribution is -2.31. The molecule has 1 aliphatic rings. The molecular formula is C19H18FN3OS. The third kappa shape index (κ3) is 3.22. The molecule has 0 aliphatic carbocycles. The number of rotatable bonds is 3.